The second-order valence-corrected chi connectivity index (χ2v) is 6.03. The number of benzene rings is 1. The maximum absolute atomic E-state index is 8.81. The molecule has 1 aromatic rings. The predicted octanol–water partition coefficient (Wildman–Crippen LogP) is 5.51. The van der Waals surface area contributed by atoms with Crippen LogP contribution in [0.2, 0.25) is 0 Å². The van der Waals surface area contributed by atoms with Crippen molar-refractivity contribution in [2.75, 3.05) is 5.32 Å². The summed E-state index contributed by atoms with van der Waals surface area (Å²) in [5.74, 6) is 0. The van der Waals surface area contributed by atoms with Crippen molar-refractivity contribution in [3.05, 3.63) is 53.8 Å². The van der Waals surface area contributed by atoms with Crippen LogP contribution in [-0.2, 0) is 4.79 Å². The van der Waals surface area contributed by atoms with Crippen molar-refractivity contribution < 1.29 is 4.79 Å². The topological polar surface area (TPSA) is 29.1 Å². The maximum atomic E-state index is 8.81. The Morgan fingerprint density at radius 1 is 1.24 bits per heavy atom. The van der Waals surface area contributed by atoms with Crippen LogP contribution >= 0.6 is 0 Å². The zero-order valence-electron chi connectivity index (χ0n) is 14.3. The summed E-state index contributed by atoms with van der Waals surface area (Å²) in [6, 6.07) is 8.36. The van der Waals surface area contributed by atoms with Gasteiger partial charge < -0.3 is 10.1 Å². The summed E-state index contributed by atoms with van der Waals surface area (Å²) in [5.41, 5.74) is 4.92. The SMILES string of the molecule is C=C(/C=C(\CC)C(C)(C)C)Nc1ccc(C)cc1.CC=O. The van der Waals surface area contributed by atoms with Crippen LogP contribution in [0, 0.1) is 12.3 Å². The fourth-order valence-electron chi connectivity index (χ4n) is 1.92. The smallest absolute Gasteiger partial charge is 0.116 e. The van der Waals surface area contributed by atoms with Gasteiger partial charge in [0.2, 0.25) is 0 Å². The van der Waals surface area contributed by atoms with E-state index in [4.69, 9.17) is 4.79 Å². The molecular weight excluding hydrogens is 258 g/mol. The largest absolute Gasteiger partial charge is 0.356 e. The molecule has 1 rings (SSSR count). The number of aryl methyl sites for hydroxylation is 1. The highest BCUT2D eigenvalue weighted by Crippen LogP contribution is 2.28. The van der Waals surface area contributed by atoms with Crippen LogP contribution in [0.5, 0.6) is 0 Å². The van der Waals surface area contributed by atoms with Gasteiger partial charge in [-0.25, -0.2) is 0 Å². The normalized spacial score (nSPS) is 11.2. The van der Waals surface area contributed by atoms with Crippen LogP contribution in [0.3, 0.4) is 0 Å². The highest BCUT2D eigenvalue weighted by molar-refractivity contribution is 5.51. The van der Waals surface area contributed by atoms with E-state index < -0.39 is 0 Å². The third kappa shape index (κ3) is 8.13. The monoisotopic (exact) mass is 287 g/mol. The van der Waals surface area contributed by atoms with Crippen molar-refractivity contribution >= 4 is 12.0 Å². The zero-order valence-corrected chi connectivity index (χ0v) is 14.3. The lowest BCUT2D eigenvalue weighted by Crippen LogP contribution is -2.10. The Balaban J connectivity index is 0.00000122. The molecule has 0 aliphatic rings. The zero-order chi connectivity index (χ0) is 16.5. The Hall–Kier alpha value is -1.83. The molecule has 116 valence electrons. The Bertz CT molecular complexity index is 475. The first kappa shape index (κ1) is 19.2. The molecule has 0 heterocycles. The lowest BCUT2D eigenvalue weighted by Gasteiger charge is -2.22. The second kappa shape index (κ2) is 9.17. The van der Waals surface area contributed by atoms with E-state index >= 15 is 0 Å². The lowest BCUT2D eigenvalue weighted by atomic mass is 9.84. The molecule has 0 saturated heterocycles. The fraction of sp³-hybridized carbons (Fsp3) is 0.421. The summed E-state index contributed by atoms with van der Waals surface area (Å²) in [4.78, 5) is 8.81. The Morgan fingerprint density at radius 3 is 2.10 bits per heavy atom. The van der Waals surface area contributed by atoms with E-state index in [2.05, 4.69) is 76.9 Å². The molecule has 0 spiro atoms. The molecule has 1 N–H and O–H groups in total. The summed E-state index contributed by atoms with van der Waals surface area (Å²) < 4.78 is 0. The van der Waals surface area contributed by atoms with Gasteiger partial charge in [-0.3, -0.25) is 0 Å². The quantitative estimate of drug-likeness (QED) is 0.584. The van der Waals surface area contributed by atoms with Crippen LogP contribution in [0.1, 0.15) is 46.6 Å². The van der Waals surface area contributed by atoms with E-state index in [9.17, 15) is 0 Å². The third-order valence-corrected chi connectivity index (χ3v) is 3.05. The number of aldehydes is 1. The first-order valence-corrected chi connectivity index (χ1v) is 7.38. The molecular formula is C19H29NO. The van der Waals surface area contributed by atoms with E-state index in [1.54, 1.807) is 0 Å². The maximum Gasteiger partial charge on any atom is 0.116 e. The van der Waals surface area contributed by atoms with Gasteiger partial charge >= 0.3 is 0 Å². The number of allylic oxidation sites excluding steroid dienone is 2. The molecule has 0 fully saturated rings. The Kier molecular flexibility index (Phi) is 8.37. The first-order valence-electron chi connectivity index (χ1n) is 7.38. The van der Waals surface area contributed by atoms with Crippen molar-refractivity contribution in [1.82, 2.24) is 0 Å². The number of hydrogen-bond acceptors (Lipinski definition) is 2. The van der Waals surface area contributed by atoms with Crippen molar-refractivity contribution in [2.45, 2.75) is 48.0 Å². The minimum absolute atomic E-state index is 0.201. The molecule has 2 heteroatoms. The molecule has 21 heavy (non-hydrogen) atoms. The van der Waals surface area contributed by atoms with E-state index in [-0.39, 0.29) is 5.41 Å². The molecule has 0 aliphatic carbocycles. The van der Waals surface area contributed by atoms with Crippen molar-refractivity contribution in [3.63, 3.8) is 0 Å². The molecule has 0 atom stereocenters. The van der Waals surface area contributed by atoms with E-state index in [1.807, 2.05) is 0 Å². The third-order valence-electron chi connectivity index (χ3n) is 3.05. The van der Waals surface area contributed by atoms with E-state index in [0.29, 0.717) is 0 Å². The standard InChI is InChI=1S/C17H25N.C2H4O/c1-7-15(17(4,5)6)12-14(3)18-16-10-8-13(2)9-11-16;1-2-3/h8-12,18H,3,7H2,1-2,4-6H3;2H,1H3/b15-12+;. The van der Waals surface area contributed by atoms with Crippen LogP contribution < -0.4 is 5.32 Å². The van der Waals surface area contributed by atoms with Gasteiger partial charge in [0.1, 0.15) is 6.29 Å². The van der Waals surface area contributed by atoms with Gasteiger partial charge in [0, 0.05) is 11.4 Å². The number of rotatable bonds is 4. The number of hydrogen-bond donors (Lipinski definition) is 1. The van der Waals surface area contributed by atoms with Gasteiger partial charge in [0.25, 0.3) is 0 Å². The number of nitrogens with one attached hydrogen (secondary N) is 1. The number of carbonyl (C=O) groups is 1. The highest BCUT2D eigenvalue weighted by Gasteiger charge is 2.15. The van der Waals surface area contributed by atoms with Crippen LogP contribution in [0.4, 0.5) is 5.69 Å². The number of anilines is 1. The summed E-state index contributed by atoms with van der Waals surface area (Å²) in [5, 5.41) is 3.34. The average molecular weight is 287 g/mol. The van der Waals surface area contributed by atoms with Crippen molar-refractivity contribution in [3.8, 4) is 0 Å². The highest BCUT2D eigenvalue weighted by atomic mass is 16.1. The fourth-order valence-corrected chi connectivity index (χ4v) is 1.92. The lowest BCUT2D eigenvalue weighted by molar-refractivity contribution is -0.106. The minimum atomic E-state index is 0.201. The number of carbonyl (C=O) groups excluding carboxylic acids is 1. The summed E-state index contributed by atoms with van der Waals surface area (Å²) in [6.45, 7) is 16.5. The molecule has 0 unspecified atom stereocenters. The second-order valence-electron chi connectivity index (χ2n) is 6.03. The van der Waals surface area contributed by atoms with Gasteiger partial charge in [-0.05, 0) is 43.9 Å². The molecule has 0 aliphatic heterocycles. The first-order chi connectivity index (χ1) is 9.74. The van der Waals surface area contributed by atoms with Crippen molar-refractivity contribution in [1.29, 1.82) is 0 Å². The predicted molar refractivity (Wildman–Crippen MR) is 93.5 cm³/mol. The van der Waals surface area contributed by atoms with Gasteiger partial charge in [-0.2, -0.15) is 0 Å². The summed E-state index contributed by atoms with van der Waals surface area (Å²) in [7, 11) is 0. The molecule has 0 saturated carbocycles. The van der Waals surface area contributed by atoms with Gasteiger partial charge in [0.15, 0.2) is 0 Å². The molecule has 2 nitrogen and oxygen atoms in total. The van der Waals surface area contributed by atoms with Crippen molar-refractivity contribution in [2.24, 2.45) is 5.41 Å². The average Bonchev–Trinajstić information content (AvgIpc) is 2.38. The molecule has 1 aromatic carbocycles. The Labute approximate surface area is 130 Å². The molecule has 0 radical (unpaired) electrons. The molecule has 0 aromatic heterocycles. The van der Waals surface area contributed by atoms with Crippen LogP contribution in [0.15, 0.2) is 48.2 Å². The van der Waals surface area contributed by atoms with E-state index in [1.165, 1.54) is 18.1 Å². The minimum Gasteiger partial charge on any atom is -0.356 e. The van der Waals surface area contributed by atoms with E-state index in [0.717, 1.165) is 24.1 Å². The summed E-state index contributed by atoms with van der Waals surface area (Å²) in [6.07, 6.45) is 3.97. The van der Waals surface area contributed by atoms with Gasteiger partial charge in [-0.1, -0.05) is 57.5 Å². The van der Waals surface area contributed by atoms with Crippen LogP contribution in [-0.4, -0.2) is 6.29 Å². The van der Waals surface area contributed by atoms with Crippen LogP contribution in [0.25, 0.3) is 0 Å². The molecule has 0 bridgehead atoms. The van der Waals surface area contributed by atoms with Gasteiger partial charge in [-0.15, -0.1) is 0 Å². The summed E-state index contributed by atoms with van der Waals surface area (Å²) >= 11 is 0. The van der Waals surface area contributed by atoms with Gasteiger partial charge in [0.05, 0.1) is 0 Å². The Morgan fingerprint density at radius 2 is 1.71 bits per heavy atom. The molecule has 0 amide bonds.